The number of nitrogens with one attached hydrogen (secondary N) is 1. The van der Waals surface area contributed by atoms with Crippen LogP contribution in [-0.2, 0) is 0 Å². The molecule has 94 valence electrons. The third kappa shape index (κ3) is 4.49. The minimum atomic E-state index is -0.227. The first-order chi connectivity index (χ1) is 8.15. The number of hydrogen-bond donors (Lipinski definition) is 3. The van der Waals surface area contributed by atoms with Crippen LogP contribution in [0.15, 0.2) is 16.6 Å². The van der Waals surface area contributed by atoms with Crippen LogP contribution in [0.3, 0.4) is 0 Å². The standard InChI is InChI=1S/C10H17N5OS/c1-13-7(3-2-4-15-10(11)12)8(16)9-14-5-6-17-9/h5-7,13H,2-4H2,1H3,(H4,11,12,15)/t7-/m0/s1. The molecule has 0 spiro atoms. The highest BCUT2D eigenvalue weighted by atomic mass is 32.1. The number of ketones is 1. The number of carbonyl (C=O) groups is 1. The average molecular weight is 255 g/mol. The van der Waals surface area contributed by atoms with Gasteiger partial charge < -0.3 is 16.8 Å². The molecule has 7 heteroatoms. The van der Waals surface area contributed by atoms with Gasteiger partial charge in [-0.25, -0.2) is 4.98 Å². The minimum Gasteiger partial charge on any atom is -0.370 e. The third-order valence-electron chi connectivity index (χ3n) is 2.25. The molecule has 0 aromatic carbocycles. The number of likely N-dealkylation sites (N-methyl/N-ethyl adjacent to an activating group) is 1. The number of Topliss-reactive ketones (excluding diaryl/α,β-unsaturated/α-hetero) is 1. The molecule has 1 aromatic rings. The van der Waals surface area contributed by atoms with E-state index in [-0.39, 0.29) is 17.8 Å². The molecule has 0 amide bonds. The van der Waals surface area contributed by atoms with Crippen LogP contribution in [0.25, 0.3) is 0 Å². The Balaban J connectivity index is 2.43. The Bertz CT molecular complexity index is 372. The van der Waals surface area contributed by atoms with Gasteiger partial charge in [-0.2, -0.15) is 0 Å². The SMILES string of the molecule is CN[C@@H](CCCN=C(N)N)C(=O)c1nccs1. The van der Waals surface area contributed by atoms with E-state index in [4.69, 9.17) is 11.5 Å². The van der Waals surface area contributed by atoms with Crippen molar-refractivity contribution in [3.05, 3.63) is 16.6 Å². The Hall–Kier alpha value is -1.47. The normalized spacial score (nSPS) is 12.1. The van der Waals surface area contributed by atoms with Gasteiger partial charge in [0.2, 0.25) is 5.78 Å². The molecule has 0 aliphatic rings. The molecule has 1 atom stereocenters. The maximum atomic E-state index is 12.0. The first kappa shape index (κ1) is 13.6. The molecule has 0 bridgehead atoms. The number of aliphatic imine (C=N–C) groups is 1. The zero-order valence-electron chi connectivity index (χ0n) is 9.72. The summed E-state index contributed by atoms with van der Waals surface area (Å²) in [5.41, 5.74) is 10.4. The Morgan fingerprint density at radius 1 is 1.65 bits per heavy atom. The molecule has 0 saturated carbocycles. The number of nitrogens with two attached hydrogens (primary N) is 2. The highest BCUT2D eigenvalue weighted by molar-refractivity contribution is 7.11. The molecule has 1 aromatic heterocycles. The van der Waals surface area contributed by atoms with Gasteiger partial charge in [0.25, 0.3) is 0 Å². The second kappa shape index (κ2) is 6.97. The number of nitrogens with zero attached hydrogens (tertiary/aromatic N) is 2. The first-order valence-electron chi connectivity index (χ1n) is 5.31. The van der Waals surface area contributed by atoms with Crippen LogP contribution < -0.4 is 16.8 Å². The fourth-order valence-corrected chi connectivity index (χ4v) is 2.04. The van der Waals surface area contributed by atoms with Gasteiger partial charge in [0.15, 0.2) is 11.0 Å². The highest BCUT2D eigenvalue weighted by Gasteiger charge is 2.19. The quantitative estimate of drug-likeness (QED) is 0.274. The minimum absolute atomic E-state index is 0.0206. The van der Waals surface area contributed by atoms with Gasteiger partial charge in [0.05, 0.1) is 6.04 Å². The molecule has 1 heterocycles. The van der Waals surface area contributed by atoms with E-state index in [1.807, 2.05) is 0 Å². The van der Waals surface area contributed by atoms with Gasteiger partial charge in [-0.15, -0.1) is 11.3 Å². The van der Waals surface area contributed by atoms with E-state index in [1.54, 1.807) is 18.6 Å². The lowest BCUT2D eigenvalue weighted by Gasteiger charge is -2.12. The van der Waals surface area contributed by atoms with Crippen molar-refractivity contribution >= 4 is 23.1 Å². The largest absolute Gasteiger partial charge is 0.370 e. The summed E-state index contributed by atoms with van der Waals surface area (Å²) in [7, 11) is 1.76. The predicted octanol–water partition coefficient (Wildman–Crippen LogP) is -0.0326. The summed E-state index contributed by atoms with van der Waals surface area (Å²) in [5.74, 6) is 0.101. The molecule has 6 nitrogen and oxygen atoms in total. The maximum Gasteiger partial charge on any atom is 0.208 e. The first-order valence-corrected chi connectivity index (χ1v) is 6.19. The van der Waals surface area contributed by atoms with Crippen molar-refractivity contribution in [3.63, 3.8) is 0 Å². The van der Waals surface area contributed by atoms with Crippen molar-refractivity contribution < 1.29 is 4.79 Å². The van der Waals surface area contributed by atoms with Crippen molar-refractivity contribution in [1.82, 2.24) is 10.3 Å². The smallest absolute Gasteiger partial charge is 0.208 e. The third-order valence-corrected chi connectivity index (χ3v) is 3.04. The van der Waals surface area contributed by atoms with Gasteiger partial charge in [-0.05, 0) is 19.9 Å². The average Bonchev–Trinajstić information content (AvgIpc) is 2.81. The monoisotopic (exact) mass is 255 g/mol. The number of hydrogen-bond acceptors (Lipinski definition) is 5. The van der Waals surface area contributed by atoms with E-state index in [0.717, 1.165) is 6.42 Å². The van der Waals surface area contributed by atoms with Gasteiger partial charge in [0.1, 0.15) is 0 Å². The molecule has 0 unspecified atom stereocenters. The summed E-state index contributed by atoms with van der Waals surface area (Å²) in [6.45, 7) is 0.533. The van der Waals surface area contributed by atoms with Crippen molar-refractivity contribution in [1.29, 1.82) is 0 Å². The number of thiazole rings is 1. The van der Waals surface area contributed by atoms with Crippen LogP contribution in [0.4, 0.5) is 0 Å². The van der Waals surface area contributed by atoms with Crippen molar-refractivity contribution in [2.75, 3.05) is 13.6 Å². The summed E-state index contributed by atoms with van der Waals surface area (Å²) in [6, 6.07) is -0.227. The molecule has 1 rings (SSSR count). The van der Waals surface area contributed by atoms with E-state index < -0.39 is 0 Å². The zero-order chi connectivity index (χ0) is 12.7. The zero-order valence-corrected chi connectivity index (χ0v) is 10.5. The molecule has 17 heavy (non-hydrogen) atoms. The number of guanidine groups is 1. The molecule has 0 aliphatic carbocycles. The van der Waals surface area contributed by atoms with Gasteiger partial charge in [-0.3, -0.25) is 9.79 Å². The van der Waals surface area contributed by atoms with E-state index >= 15 is 0 Å². The molecular weight excluding hydrogens is 238 g/mol. The predicted molar refractivity (Wildman–Crippen MR) is 69.2 cm³/mol. The van der Waals surface area contributed by atoms with E-state index in [0.29, 0.717) is 18.0 Å². The molecule has 0 aliphatic heterocycles. The van der Waals surface area contributed by atoms with E-state index in [9.17, 15) is 4.79 Å². The van der Waals surface area contributed by atoms with E-state index in [2.05, 4.69) is 15.3 Å². The molecular formula is C10H17N5OS. The summed E-state index contributed by atoms with van der Waals surface area (Å²) in [6.07, 6.45) is 3.07. The van der Waals surface area contributed by atoms with Crippen molar-refractivity contribution in [2.45, 2.75) is 18.9 Å². The second-order valence-electron chi connectivity index (χ2n) is 3.49. The molecule has 0 saturated heterocycles. The van der Waals surface area contributed by atoms with Gasteiger partial charge in [0, 0.05) is 18.1 Å². The van der Waals surface area contributed by atoms with E-state index in [1.165, 1.54) is 11.3 Å². The molecule has 0 fully saturated rings. The lowest BCUT2D eigenvalue weighted by Crippen LogP contribution is -2.34. The van der Waals surface area contributed by atoms with Crippen molar-refractivity contribution in [3.8, 4) is 0 Å². The summed E-state index contributed by atoms with van der Waals surface area (Å²) < 4.78 is 0. The van der Waals surface area contributed by atoms with Crippen LogP contribution in [0.5, 0.6) is 0 Å². The fraction of sp³-hybridized carbons (Fsp3) is 0.500. The number of aromatic nitrogens is 1. The van der Waals surface area contributed by atoms with Crippen LogP contribution in [-0.4, -0.2) is 36.4 Å². The molecule has 5 N–H and O–H groups in total. The Morgan fingerprint density at radius 3 is 2.94 bits per heavy atom. The number of rotatable bonds is 7. The lowest BCUT2D eigenvalue weighted by molar-refractivity contribution is 0.0941. The fourth-order valence-electron chi connectivity index (χ4n) is 1.40. The van der Waals surface area contributed by atoms with Crippen LogP contribution in [0, 0.1) is 0 Å². The topological polar surface area (TPSA) is 106 Å². The van der Waals surface area contributed by atoms with Gasteiger partial charge >= 0.3 is 0 Å². The summed E-state index contributed by atoms with van der Waals surface area (Å²) in [4.78, 5) is 19.8. The Labute approximate surface area is 104 Å². The Morgan fingerprint density at radius 2 is 2.41 bits per heavy atom. The number of carbonyl (C=O) groups excluding carboxylic acids is 1. The van der Waals surface area contributed by atoms with Crippen LogP contribution >= 0.6 is 11.3 Å². The summed E-state index contributed by atoms with van der Waals surface area (Å²) in [5, 5.41) is 5.31. The second-order valence-corrected chi connectivity index (χ2v) is 4.39. The van der Waals surface area contributed by atoms with Crippen molar-refractivity contribution in [2.24, 2.45) is 16.5 Å². The summed E-state index contributed by atoms with van der Waals surface area (Å²) >= 11 is 1.35. The highest BCUT2D eigenvalue weighted by Crippen LogP contribution is 2.10. The van der Waals surface area contributed by atoms with Crippen LogP contribution in [0.1, 0.15) is 22.6 Å². The molecule has 0 radical (unpaired) electrons. The Kier molecular flexibility index (Phi) is 5.58. The maximum absolute atomic E-state index is 12.0. The van der Waals surface area contributed by atoms with Crippen LogP contribution in [0.2, 0.25) is 0 Å². The van der Waals surface area contributed by atoms with Gasteiger partial charge in [-0.1, -0.05) is 0 Å². The lowest BCUT2D eigenvalue weighted by atomic mass is 10.1.